The molecule has 100 valence electrons. The van der Waals surface area contributed by atoms with Crippen LogP contribution in [0.15, 0.2) is 23.1 Å². The van der Waals surface area contributed by atoms with E-state index in [1.54, 1.807) is 0 Å². The number of hydrogen-bond donors (Lipinski definition) is 1. The van der Waals surface area contributed by atoms with Crippen molar-refractivity contribution in [1.82, 2.24) is 5.32 Å². The SMILES string of the molecule is Fc1ccc(SCCCNC2CCCC2)c(F)c1. The van der Waals surface area contributed by atoms with Gasteiger partial charge in [-0.05, 0) is 43.7 Å². The van der Waals surface area contributed by atoms with Crippen LogP contribution >= 0.6 is 11.8 Å². The van der Waals surface area contributed by atoms with Crippen LogP contribution in [-0.4, -0.2) is 18.3 Å². The zero-order valence-corrected chi connectivity index (χ0v) is 11.2. The van der Waals surface area contributed by atoms with Crippen molar-refractivity contribution in [1.29, 1.82) is 0 Å². The zero-order chi connectivity index (χ0) is 12.8. The Morgan fingerprint density at radius 1 is 1.22 bits per heavy atom. The second-order valence-electron chi connectivity index (χ2n) is 4.71. The monoisotopic (exact) mass is 271 g/mol. The van der Waals surface area contributed by atoms with Crippen LogP contribution in [0.4, 0.5) is 8.78 Å². The number of nitrogens with one attached hydrogen (secondary N) is 1. The van der Waals surface area contributed by atoms with E-state index in [9.17, 15) is 8.78 Å². The number of hydrogen-bond acceptors (Lipinski definition) is 2. The Morgan fingerprint density at radius 2 is 2.00 bits per heavy atom. The fourth-order valence-corrected chi connectivity index (χ4v) is 3.15. The Bertz CT molecular complexity index is 378. The van der Waals surface area contributed by atoms with Crippen molar-refractivity contribution in [2.24, 2.45) is 0 Å². The van der Waals surface area contributed by atoms with Crippen molar-refractivity contribution in [2.45, 2.75) is 43.0 Å². The van der Waals surface area contributed by atoms with E-state index < -0.39 is 11.6 Å². The summed E-state index contributed by atoms with van der Waals surface area (Å²) < 4.78 is 26.0. The predicted octanol–water partition coefficient (Wildman–Crippen LogP) is 3.98. The average Bonchev–Trinajstić information content (AvgIpc) is 2.84. The van der Waals surface area contributed by atoms with Gasteiger partial charge in [0, 0.05) is 17.0 Å². The van der Waals surface area contributed by atoms with Gasteiger partial charge in [-0.1, -0.05) is 12.8 Å². The fourth-order valence-electron chi connectivity index (χ4n) is 2.28. The molecule has 0 atom stereocenters. The Morgan fingerprint density at radius 3 is 2.72 bits per heavy atom. The molecule has 1 saturated carbocycles. The summed E-state index contributed by atoms with van der Waals surface area (Å²) in [5.74, 6) is -0.106. The van der Waals surface area contributed by atoms with Gasteiger partial charge in [-0.2, -0.15) is 0 Å². The van der Waals surface area contributed by atoms with Crippen LogP contribution in [0.2, 0.25) is 0 Å². The van der Waals surface area contributed by atoms with Crippen LogP contribution in [0, 0.1) is 11.6 Å². The summed E-state index contributed by atoms with van der Waals surface area (Å²) in [6.45, 7) is 0.987. The molecule has 1 aromatic rings. The van der Waals surface area contributed by atoms with E-state index in [-0.39, 0.29) is 0 Å². The van der Waals surface area contributed by atoms with Gasteiger partial charge >= 0.3 is 0 Å². The minimum Gasteiger partial charge on any atom is -0.314 e. The number of rotatable bonds is 6. The maximum absolute atomic E-state index is 13.3. The highest BCUT2D eigenvalue weighted by atomic mass is 32.2. The lowest BCUT2D eigenvalue weighted by atomic mass is 10.2. The Kier molecular flexibility index (Phi) is 5.45. The highest BCUT2D eigenvalue weighted by molar-refractivity contribution is 7.99. The van der Waals surface area contributed by atoms with E-state index in [1.807, 2.05) is 0 Å². The van der Waals surface area contributed by atoms with Crippen molar-refractivity contribution < 1.29 is 8.78 Å². The van der Waals surface area contributed by atoms with E-state index >= 15 is 0 Å². The molecular formula is C14H19F2NS. The van der Waals surface area contributed by atoms with Gasteiger partial charge in [0.25, 0.3) is 0 Å². The quantitative estimate of drug-likeness (QED) is 0.620. The molecule has 0 saturated heterocycles. The van der Waals surface area contributed by atoms with E-state index in [4.69, 9.17) is 0 Å². The van der Waals surface area contributed by atoms with Gasteiger partial charge in [-0.15, -0.1) is 11.8 Å². The Hall–Kier alpha value is -0.610. The molecule has 1 N–H and O–H groups in total. The molecule has 0 spiro atoms. The molecule has 1 aromatic carbocycles. The summed E-state index contributed by atoms with van der Waals surface area (Å²) in [7, 11) is 0. The van der Waals surface area contributed by atoms with E-state index in [0.29, 0.717) is 10.9 Å². The maximum atomic E-state index is 13.3. The second-order valence-corrected chi connectivity index (χ2v) is 5.85. The molecule has 1 aliphatic carbocycles. The highest BCUT2D eigenvalue weighted by Crippen LogP contribution is 2.23. The topological polar surface area (TPSA) is 12.0 Å². The third-order valence-corrected chi connectivity index (χ3v) is 4.40. The van der Waals surface area contributed by atoms with Crippen molar-refractivity contribution >= 4 is 11.8 Å². The standard InChI is InChI=1S/C14H19F2NS/c15-11-6-7-14(13(16)10-11)18-9-3-8-17-12-4-1-2-5-12/h6-7,10,12,17H,1-5,8-9H2. The molecule has 0 aromatic heterocycles. The van der Waals surface area contributed by atoms with Gasteiger partial charge in [0.1, 0.15) is 11.6 Å². The molecule has 2 rings (SSSR count). The Labute approximate surface area is 111 Å². The van der Waals surface area contributed by atoms with Gasteiger partial charge in [0.15, 0.2) is 0 Å². The molecule has 0 unspecified atom stereocenters. The normalized spacial score (nSPS) is 16.3. The van der Waals surface area contributed by atoms with E-state index in [2.05, 4.69) is 5.32 Å². The van der Waals surface area contributed by atoms with Crippen molar-refractivity contribution in [3.8, 4) is 0 Å². The van der Waals surface area contributed by atoms with E-state index in [1.165, 1.54) is 49.6 Å². The third-order valence-electron chi connectivity index (χ3n) is 3.26. The van der Waals surface area contributed by atoms with Gasteiger partial charge in [0.2, 0.25) is 0 Å². The summed E-state index contributed by atoms with van der Waals surface area (Å²) in [5.41, 5.74) is 0. The molecule has 4 heteroatoms. The summed E-state index contributed by atoms with van der Waals surface area (Å²) in [6, 6.07) is 4.46. The zero-order valence-electron chi connectivity index (χ0n) is 10.4. The first-order chi connectivity index (χ1) is 8.75. The van der Waals surface area contributed by atoms with Crippen LogP contribution in [-0.2, 0) is 0 Å². The van der Waals surface area contributed by atoms with Gasteiger partial charge in [-0.25, -0.2) is 8.78 Å². The number of halogens is 2. The lowest BCUT2D eigenvalue weighted by molar-refractivity contribution is 0.524. The minimum atomic E-state index is -0.514. The molecule has 0 aliphatic heterocycles. The first-order valence-corrected chi connectivity index (χ1v) is 7.55. The molecule has 0 bridgehead atoms. The second kappa shape index (κ2) is 7.10. The average molecular weight is 271 g/mol. The van der Waals surface area contributed by atoms with Crippen LogP contribution in [0.25, 0.3) is 0 Å². The van der Waals surface area contributed by atoms with Crippen LogP contribution in [0.5, 0.6) is 0 Å². The first-order valence-electron chi connectivity index (χ1n) is 6.57. The van der Waals surface area contributed by atoms with Crippen molar-refractivity contribution in [2.75, 3.05) is 12.3 Å². The molecule has 1 aliphatic rings. The molecule has 1 fully saturated rings. The van der Waals surface area contributed by atoms with Gasteiger partial charge < -0.3 is 5.32 Å². The van der Waals surface area contributed by atoms with Crippen LogP contribution in [0.1, 0.15) is 32.1 Å². The smallest absolute Gasteiger partial charge is 0.139 e. The number of thioether (sulfide) groups is 1. The van der Waals surface area contributed by atoms with Crippen molar-refractivity contribution in [3.05, 3.63) is 29.8 Å². The Balaban J connectivity index is 1.62. The molecule has 18 heavy (non-hydrogen) atoms. The largest absolute Gasteiger partial charge is 0.314 e. The maximum Gasteiger partial charge on any atom is 0.139 e. The molecular weight excluding hydrogens is 252 g/mol. The summed E-state index contributed by atoms with van der Waals surface area (Å²) in [4.78, 5) is 0.539. The van der Waals surface area contributed by atoms with Crippen molar-refractivity contribution in [3.63, 3.8) is 0 Å². The lowest BCUT2D eigenvalue weighted by Gasteiger charge is -2.11. The van der Waals surface area contributed by atoms with Crippen LogP contribution < -0.4 is 5.32 Å². The van der Waals surface area contributed by atoms with Gasteiger partial charge in [-0.3, -0.25) is 0 Å². The van der Waals surface area contributed by atoms with Gasteiger partial charge in [0.05, 0.1) is 0 Å². The van der Waals surface area contributed by atoms with E-state index in [0.717, 1.165) is 24.8 Å². The fraction of sp³-hybridized carbons (Fsp3) is 0.571. The molecule has 1 nitrogen and oxygen atoms in total. The highest BCUT2D eigenvalue weighted by Gasteiger charge is 2.13. The predicted molar refractivity (Wildman–Crippen MR) is 72.0 cm³/mol. The third kappa shape index (κ3) is 4.25. The number of benzene rings is 1. The minimum absolute atomic E-state index is 0.455. The summed E-state index contributed by atoms with van der Waals surface area (Å²) >= 11 is 1.46. The molecule has 0 heterocycles. The summed E-state index contributed by atoms with van der Waals surface area (Å²) in [6.07, 6.45) is 6.28. The summed E-state index contributed by atoms with van der Waals surface area (Å²) in [5, 5.41) is 3.52. The lowest BCUT2D eigenvalue weighted by Crippen LogP contribution is -2.27. The molecule has 0 amide bonds. The van der Waals surface area contributed by atoms with Crippen LogP contribution in [0.3, 0.4) is 0 Å². The molecule has 0 radical (unpaired) electrons. The first kappa shape index (κ1) is 13.8.